The lowest BCUT2D eigenvalue weighted by atomic mass is 9.90. The van der Waals surface area contributed by atoms with Crippen molar-refractivity contribution in [2.75, 3.05) is 13.6 Å². The number of rotatable bonds is 3. The van der Waals surface area contributed by atoms with Crippen LogP contribution in [0.5, 0.6) is 0 Å². The second-order valence-electron chi connectivity index (χ2n) is 8.13. The van der Waals surface area contributed by atoms with Gasteiger partial charge in [-0.05, 0) is 0 Å². The number of imide groups is 1. The molecule has 8 heteroatoms. The summed E-state index contributed by atoms with van der Waals surface area (Å²) in [5, 5.41) is 0. The van der Waals surface area contributed by atoms with Gasteiger partial charge in [-0.2, -0.15) is 0 Å². The largest absolute Gasteiger partial charge is 0.423 e. The van der Waals surface area contributed by atoms with E-state index < -0.39 is 29.6 Å². The highest BCUT2D eigenvalue weighted by Gasteiger charge is 2.54. The molecule has 3 amide bonds. The summed E-state index contributed by atoms with van der Waals surface area (Å²) in [7, 11) is 1.58. The quantitative estimate of drug-likeness (QED) is 0.797. The number of likely N-dealkylation sites (N-methyl/N-ethyl adjacent to an activating group) is 1. The van der Waals surface area contributed by atoms with Gasteiger partial charge in [-0.15, -0.1) is 0 Å². The Morgan fingerprint density at radius 3 is 2.50 bits per heavy atom. The third-order valence-corrected chi connectivity index (χ3v) is 5.15. The van der Waals surface area contributed by atoms with Gasteiger partial charge in [0.1, 0.15) is 0 Å². The van der Waals surface area contributed by atoms with Crippen LogP contribution in [0.25, 0.3) is 5.76 Å². The zero-order valence-corrected chi connectivity index (χ0v) is 16.2. The second-order valence-corrected chi connectivity index (χ2v) is 8.13. The number of carbonyl (C=O) groups is 3. The number of aliphatic imine (C=N–C) groups is 1. The van der Waals surface area contributed by atoms with E-state index in [1.807, 2.05) is 30.3 Å². The zero-order valence-electron chi connectivity index (χ0n) is 16.2. The molecule has 8 nitrogen and oxygen atoms in total. The Hall–Kier alpha value is -3.16. The van der Waals surface area contributed by atoms with Gasteiger partial charge in [-0.3, -0.25) is 19.4 Å². The van der Waals surface area contributed by atoms with Crippen molar-refractivity contribution in [2.24, 2.45) is 10.4 Å². The van der Waals surface area contributed by atoms with Crippen LogP contribution in [0.1, 0.15) is 26.3 Å². The number of amidine groups is 1. The van der Waals surface area contributed by atoms with Gasteiger partial charge >= 0.3 is 6.03 Å². The van der Waals surface area contributed by atoms with E-state index in [0.29, 0.717) is 5.76 Å². The topological polar surface area (TPSA) is 82.5 Å². The Labute approximate surface area is 163 Å². The molecule has 28 heavy (non-hydrogen) atoms. The van der Waals surface area contributed by atoms with Crippen LogP contribution in [-0.2, 0) is 14.3 Å². The molecule has 4 rings (SSSR count). The van der Waals surface area contributed by atoms with E-state index in [1.165, 1.54) is 4.90 Å². The average Bonchev–Trinajstić information content (AvgIpc) is 3.21. The molecule has 1 aromatic rings. The Kier molecular flexibility index (Phi) is 4.02. The summed E-state index contributed by atoms with van der Waals surface area (Å²) < 4.78 is 5.83. The Balaban J connectivity index is 1.63. The van der Waals surface area contributed by atoms with Crippen LogP contribution in [0.15, 0.2) is 41.5 Å². The summed E-state index contributed by atoms with van der Waals surface area (Å²) in [4.78, 5) is 46.7. The molecule has 3 aliphatic heterocycles. The first-order valence-electron chi connectivity index (χ1n) is 9.11. The van der Waals surface area contributed by atoms with Crippen molar-refractivity contribution >= 4 is 29.5 Å². The number of fused-ring (bicyclic) bond motifs is 3. The van der Waals surface area contributed by atoms with Crippen molar-refractivity contribution in [1.82, 2.24) is 14.7 Å². The molecule has 0 N–H and O–H groups in total. The number of hydrogen-bond donors (Lipinski definition) is 0. The number of urea groups is 1. The van der Waals surface area contributed by atoms with Crippen LogP contribution in [-0.4, -0.2) is 64.2 Å². The first-order chi connectivity index (χ1) is 13.2. The molecule has 0 radical (unpaired) electrons. The monoisotopic (exact) mass is 382 g/mol. The van der Waals surface area contributed by atoms with Gasteiger partial charge in [0.2, 0.25) is 0 Å². The van der Waals surface area contributed by atoms with Gasteiger partial charge < -0.3 is 9.64 Å². The van der Waals surface area contributed by atoms with Crippen LogP contribution >= 0.6 is 0 Å². The molecule has 0 aromatic heterocycles. The van der Waals surface area contributed by atoms with Gasteiger partial charge in [0.25, 0.3) is 11.9 Å². The number of ether oxygens (including phenoxy) is 1. The van der Waals surface area contributed by atoms with E-state index in [2.05, 4.69) is 4.99 Å². The van der Waals surface area contributed by atoms with Crippen molar-refractivity contribution in [3.05, 3.63) is 42.1 Å². The fourth-order valence-corrected chi connectivity index (χ4v) is 3.34. The minimum atomic E-state index is -0.744. The molecule has 0 bridgehead atoms. The van der Waals surface area contributed by atoms with E-state index >= 15 is 0 Å². The summed E-state index contributed by atoms with van der Waals surface area (Å²) in [5.74, 6) is -0.0422. The number of amides is 3. The Morgan fingerprint density at radius 1 is 1.18 bits per heavy atom. The molecule has 2 unspecified atom stereocenters. The molecular formula is C20H22N4O4. The normalized spacial score (nSPS) is 23.9. The van der Waals surface area contributed by atoms with Gasteiger partial charge in [0.05, 0.1) is 12.7 Å². The molecule has 1 aromatic carbocycles. The lowest BCUT2D eigenvalue weighted by molar-refractivity contribution is -0.141. The van der Waals surface area contributed by atoms with Crippen molar-refractivity contribution in [3.8, 4) is 0 Å². The lowest BCUT2D eigenvalue weighted by Gasteiger charge is -2.40. The van der Waals surface area contributed by atoms with Gasteiger partial charge in [0.15, 0.2) is 23.8 Å². The van der Waals surface area contributed by atoms with E-state index in [9.17, 15) is 14.4 Å². The maximum absolute atomic E-state index is 13.1. The summed E-state index contributed by atoms with van der Waals surface area (Å²) in [5.41, 5.74) is 0.216. The van der Waals surface area contributed by atoms with Crippen molar-refractivity contribution in [1.29, 1.82) is 0 Å². The Morgan fingerprint density at radius 2 is 1.86 bits per heavy atom. The maximum Gasteiger partial charge on any atom is 0.328 e. The van der Waals surface area contributed by atoms with E-state index in [4.69, 9.17) is 4.74 Å². The number of carbonyl (C=O) groups excluding carboxylic acids is 3. The predicted octanol–water partition coefficient (Wildman–Crippen LogP) is 1.89. The van der Waals surface area contributed by atoms with E-state index in [1.54, 1.807) is 38.9 Å². The van der Waals surface area contributed by atoms with Crippen LogP contribution in [0, 0.1) is 5.41 Å². The third-order valence-electron chi connectivity index (χ3n) is 5.15. The van der Waals surface area contributed by atoms with Crippen LogP contribution in [0.2, 0.25) is 0 Å². The number of ketones is 1. The van der Waals surface area contributed by atoms with E-state index in [0.717, 1.165) is 10.5 Å². The molecule has 3 heterocycles. The smallest absolute Gasteiger partial charge is 0.328 e. The highest BCUT2D eigenvalue weighted by molar-refractivity contribution is 6.07. The zero-order chi connectivity index (χ0) is 20.2. The number of hydrogen-bond acceptors (Lipinski definition) is 6. The van der Waals surface area contributed by atoms with Gasteiger partial charge in [-0.1, -0.05) is 51.1 Å². The summed E-state index contributed by atoms with van der Waals surface area (Å²) in [6.45, 7) is 5.04. The van der Waals surface area contributed by atoms with Crippen LogP contribution in [0.4, 0.5) is 4.79 Å². The molecule has 3 aliphatic rings. The fraction of sp³-hybridized carbons (Fsp3) is 0.400. The minimum absolute atomic E-state index is 0.182. The molecule has 2 atom stereocenters. The highest BCUT2D eigenvalue weighted by atomic mass is 16.5. The number of nitrogens with zero attached hydrogens (tertiary/aromatic N) is 4. The summed E-state index contributed by atoms with van der Waals surface area (Å²) in [6.07, 6.45) is 1.05. The average molecular weight is 382 g/mol. The first kappa shape index (κ1) is 18.2. The summed E-state index contributed by atoms with van der Waals surface area (Å²) in [6, 6.07) is 8.51. The predicted molar refractivity (Wildman–Crippen MR) is 102 cm³/mol. The summed E-state index contributed by atoms with van der Waals surface area (Å²) >= 11 is 0. The SMILES string of the molecule is CN1C(=O)N(CC(=O)C(C)(C)C)C(=O)C2C1N=C1OC(c3ccccc3)=CN12. The Bertz CT molecular complexity index is 916. The highest BCUT2D eigenvalue weighted by Crippen LogP contribution is 2.35. The molecule has 1 saturated heterocycles. The molecule has 0 aliphatic carbocycles. The van der Waals surface area contributed by atoms with Gasteiger partial charge in [-0.25, -0.2) is 9.79 Å². The van der Waals surface area contributed by atoms with Crippen LogP contribution < -0.4 is 0 Å². The lowest BCUT2D eigenvalue weighted by Crippen LogP contribution is -2.65. The third kappa shape index (κ3) is 2.76. The standard InChI is InChI=1S/C20H22N4O4/c1-20(2,3)14(25)11-24-17(26)15-16(22(4)19(24)27)21-18-23(15)10-13(28-18)12-8-6-5-7-9-12/h5-10,15-16H,11H2,1-4H3. The van der Waals surface area contributed by atoms with Crippen molar-refractivity contribution in [3.63, 3.8) is 0 Å². The second kappa shape index (κ2) is 6.19. The van der Waals surface area contributed by atoms with Crippen molar-refractivity contribution < 1.29 is 19.1 Å². The molecule has 0 spiro atoms. The van der Waals surface area contributed by atoms with Crippen LogP contribution in [0.3, 0.4) is 0 Å². The number of Topliss-reactive ketones (excluding diaryl/α,β-unsaturated/α-hetero) is 1. The maximum atomic E-state index is 13.1. The minimum Gasteiger partial charge on any atom is -0.423 e. The van der Waals surface area contributed by atoms with Crippen molar-refractivity contribution in [2.45, 2.75) is 33.0 Å². The fourth-order valence-electron chi connectivity index (χ4n) is 3.34. The number of benzene rings is 1. The molecular weight excluding hydrogens is 360 g/mol. The van der Waals surface area contributed by atoms with Gasteiger partial charge in [0, 0.05) is 18.0 Å². The first-order valence-corrected chi connectivity index (χ1v) is 9.11. The van der Waals surface area contributed by atoms with E-state index in [-0.39, 0.29) is 18.3 Å². The molecule has 146 valence electrons. The molecule has 1 fully saturated rings. The molecule has 0 saturated carbocycles.